The van der Waals surface area contributed by atoms with Crippen LogP contribution in [0.25, 0.3) is 10.9 Å². The van der Waals surface area contributed by atoms with Gasteiger partial charge in [-0.1, -0.05) is 36.4 Å². The van der Waals surface area contributed by atoms with Gasteiger partial charge in [-0.25, -0.2) is 0 Å². The molecule has 2 atom stereocenters. The van der Waals surface area contributed by atoms with E-state index in [-0.39, 0.29) is 18.4 Å². The number of rotatable bonds is 7. The van der Waals surface area contributed by atoms with Gasteiger partial charge in [0.1, 0.15) is 17.8 Å². The molecule has 3 aromatic rings. The van der Waals surface area contributed by atoms with E-state index >= 15 is 0 Å². The molecule has 2 amide bonds. The van der Waals surface area contributed by atoms with Gasteiger partial charge in [0.2, 0.25) is 11.8 Å². The van der Waals surface area contributed by atoms with Crippen molar-refractivity contribution in [2.75, 3.05) is 40.3 Å². The van der Waals surface area contributed by atoms with Crippen LogP contribution in [0.5, 0.6) is 5.75 Å². The van der Waals surface area contributed by atoms with Crippen LogP contribution in [0.2, 0.25) is 0 Å². The summed E-state index contributed by atoms with van der Waals surface area (Å²) >= 11 is 0. The molecular formula is C27H32N4O3. The molecule has 0 unspecified atom stereocenters. The van der Waals surface area contributed by atoms with Crippen molar-refractivity contribution in [3.05, 3.63) is 65.4 Å². The second-order valence-corrected chi connectivity index (χ2v) is 9.37. The van der Waals surface area contributed by atoms with Crippen LogP contribution >= 0.6 is 0 Å². The molecule has 34 heavy (non-hydrogen) atoms. The molecule has 1 saturated heterocycles. The van der Waals surface area contributed by atoms with Crippen LogP contribution in [0.15, 0.2) is 48.5 Å². The molecule has 5 rings (SSSR count). The van der Waals surface area contributed by atoms with Gasteiger partial charge in [-0.15, -0.1) is 0 Å². The van der Waals surface area contributed by atoms with E-state index in [1.54, 1.807) is 9.80 Å². The SMILES string of the molecule is CCOc1ccccc1[C@@H]1c2[nH]c3ccccc3c2C[C@H]2C(=O)N(CCCN(C)C)CC(=O)N12. The average molecular weight is 461 g/mol. The maximum absolute atomic E-state index is 13.7. The summed E-state index contributed by atoms with van der Waals surface area (Å²) in [6.45, 7) is 4.07. The van der Waals surface area contributed by atoms with Gasteiger partial charge in [-0.2, -0.15) is 0 Å². The molecule has 0 spiro atoms. The van der Waals surface area contributed by atoms with Gasteiger partial charge < -0.3 is 24.4 Å². The highest BCUT2D eigenvalue weighted by Gasteiger charge is 2.48. The summed E-state index contributed by atoms with van der Waals surface area (Å²) in [6.07, 6.45) is 1.36. The second kappa shape index (κ2) is 9.14. The Morgan fingerprint density at radius 2 is 1.85 bits per heavy atom. The quantitative estimate of drug-likeness (QED) is 0.588. The van der Waals surface area contributed by atoms with Gasteiger partial charge in [-0.05, 0) is 51.7 Å². The molecule has 3 heterocycles. The van der Waals surface area contributed by atoms with Crippen molar-refractivity contribution in [1.29, 1.82) is 0 Å². The lowest BCUT2D eigenvalue weighted by molar-refractivity contribution is -0.158. The average Bonchev–Trinajstić information content (AvgIpc) is 3.20. The largest absolute Gasteiger partial charge is 0.494 e. The molecule has 2 aromatic carbocycles. The van der Waals surface area contributed by atoms with Gasteiger partial charge in [0.15, 0.2) is 0 Å². The Morgan fingerprint density at radius 3 is 2.65 bits per heavy atom. The smallest absolute Gasteiger partial charge is 0.246 e. The van der Waals surface area contributed by atoms with Crippen molar-refractivity contribution < 1.29 is 14.3 Å². The normalized spacial score (nSPS) is 20.1. The topological polar surface area (TPSA) is 68.9 Å². The van der Waals surface area contributed by atoms with Crippen molar-refractivity contribution in [2.45, 2.75) is 31.8 Å². The molecule has 0 bridgehead atoms. The Morgan fingerprint density at radius 1 is 1.09 bits per heavy atom. The highest BCUT2D eigenvalue weighted by atomic mass is 16.5. The summed E-state index contributed by atoms with van der Waals surface area (Å²) in [6, 6.07) is 15.1. The third-order valence-electron chi connectivity index (χ3n) is 6.89. The number of aromatic nitrogens is 1. The number of aromatic amines is 1. The number of nitrogens with zero attached hydrogens (tertiary/aromatic N) is 3. The Kier molecular flexibility index (Phi) is 6.04. The number of H-pyrrole nitrogens is 1. The Bertz CT molecular complexity index is 1220. The molecule has 1 aromatic heterocycles. The van der Waals surface area contributed by atoms with Crippen molar-refractivity contribution in [2.24, 2.45) is 0 Å². The predicted molar refractivity (Wildman–Crippen MR) is 132 cm³/mol. The Hall–Kier alpha value is -3.32. The van der Waals surface area contributed by atoms with E-state index < -0.39 is 12.1 Å². The molecule has 1 fully saturated rings. The van der Waals surface area contributed by atoms with Gasteiger partial charge in [0.25, 0.3) is 0 Å². The summed E-state index contributed by atoms with van der Waals surface area (Å²) in [5, 5.41) is 1.11. The summed E-state index contributed by atoms with van der Waals surface area (Å²) in [5.74, 6) is 0.761. The molecule has 7 nitrogen and oxygen atoms in total. The zero-order chi connectivity index (χ0) is 23.8. The molecule has 0 saturated carbocycles. The van der Waals surface area contributed by atoms with Crippen LogP contribution in [0.3, 0.4) is 0 Å². The Labute approximate surface area is 200 Å². The first kappa shape index (κ1) is 22.5. The van der Waals surface area contributed by atoms with Crippen molar-refractivity contribution in [3.63, 3.8) is 0 Å². The van der Waals surface area contributed by atoms with Crippen LogP contribution in [0, 0.1) is 0 Å². The standard InChI is InChI=1S/C27H32N4O3/c1-4-34-23-13-8-6-11-19(23)26-25-20(18-10-5-7-12-21(18)28-25)16-22-27(33)30(15-9-14-29(2)3)17-24(32)31(22)26/h5-8,10-13,22,26,28H,4,9,14-17H2,1-3H3/t22-,26+/m0/s1. The van der Waals surface area contributed by atoms with Crippen molar-refractivity contribution in [1.82, 2.24) is 19.7 Å². The minimum atomic E-state index is -0.521. The molecule has 1 N–H and O–H groups in total. The Balaban J connectivity index is 1.61. The van der Waals surface area contributed by atoms with Crippen LogP contribution in [-0.4, -0.2) is 77.9 Å². The summed E-state index contributed by atoms with van der Waals surface area (Å²) in [7, 11) is 4.04. The van der Waals surface area contributed by atoms with E-state index in [4.69, 9.17) is 4.74 Å². The second-order valence-electron chi connectivity index (χ2n) is 9.37. The highest BCUT2D eigenvalue weighted by molar-refractivity contribution is 5.97. The molecular weight excluding hydrogens is 428 g/mol. The first-order valence-corrected chi connectivity index (χ1v) is 12.1. The number of fused-ring (bicyclic) bond motifs is 4. The van der Waals surface area contributed by atoms with Gasteiger partial charge in [0, 0.05) is 35.1 Å². The van der Waals surface area contributed by atoms with E-state index in [0.29, 0.717) is 19.6 Å². The van der Waals surface area contributed by atoms with Crippen LogP contribution in [0.4, 0.5) is 0 Å². The number of carbonyl (C=O) groups excluding carboxylic acids is 2. The zero-order valence-electron chi connectivity index (χ0n) is 20.1. The molecule has 7 heteroatoms. The van der Waals surface area contributed by atoms with E-state index in [2.05, 4.69) is 22.0 Å². The monoisotopic (exact) mass is 460 g/mol. The first-order chi connectivity index (χ1) is 16.5. The maximum atomic E-state index is 13.7. The number of nitrogens with one attached hydrogen (secondary N) is 1. The maximum Gasteiger partial charge on any atom is 0.246 e. The minimum absolute atomic E-state index is 0.0185. The van der Waals surface area contributed by atoms with Crippen molar-refractivity contribution >= 4 is 22.7 Å². The highest BCUT2D eigenvalue weighted by Crippen LogP contribution is 2.44. The number of amides is 2. The lowest BCUT2D eigenvalue weighted by atomic mass is 9.86. The fourth-order valence-corrected chi connectivity index (χ4v) is 5.41. The summed E-state index contributed by atoms with van der Waals surface area (Å²) in [4.78, 5) is 36.6. The summed E-state index contributed by atoms with van der Waals surface area (Å²) in [5.41, 5.74) is 4.02. The molecule has 2 aliphatic rings. The van der Waals surface area contributed by atoms with Crippen molar-refractivity contribution in [3.8, 4) is 5.75 Å². The molecule has 178 valence electrons. The lowest BCUT2D eigenvalue weighted by Gasteiger charge is -2.47. The number of benzene rings is 2. The van der Waals surface area contributed by atoms with Crippen LogP contribution in [0.1, 0.15) is 36.2 Å². The third kappa shape index (κ3) is 3.84. The van der Waals surface area contributed by atoms with Gasteiger partial charge in [0.05, 0.1) is 13.2 Å². The minimum Gasteiger partial charge on any atom is -0.494 e. The van der Waals surface area contributed by atoms with E-state index in [1.165, 1.54) is 0 Å². The molecule has 2 aliphatic heterocycles. The third-order valence-corrected chi connectivity index (χ3v) is 6.89. The fraction of sp³-hybridized carbons (Fsp3) is 0.407. The van der Waals surface area contributed by atoms with Crippen LogP contribution in [-0.2, 0) is 16.0 Å². The molecule has 0 aliphatic carbocycles. The lowest BCUT2D eigenvalue weighted by Crippen LogP contribution is -2.63. The van der Waals surface area contributed by atoms with Gasteiger partial charge in [-0.3, -0.25) is 9.59 Å². The number of carbonyl (C=O) groups is 2. The zero-order valence-corrected chi connectivity index (χ0v) is 20.1. The number of hydrogen-bond acceptors (Lipinski definition) is 4. The predicted octanol–water partition coefficient (Wildman–Crippen LogP) is 3.20. The van der Waals surface area contributed by atoms with Gasteiger partial charge >= 0.3 is 0 Å². The number of piperazine rings is 1. The fourth-order valence-electron chi connectivity index (χ4n) is 5.41. The molecule has 0 radical (unpaired) electrons. The number of para-hydroxylation sites is 2. The van der Waals surface area contributed by atoms with E-state index in [9.17, 15) is 9.59 Å². The van der Waals surface area contributed by atoms with E-state index in [0.717, 1.165) is 46.4 Å². The number of hydrogen-bond donors (Lipinski definition) is 1. The summed E-state index contributed by atoms with van der Waals surface area (Å²) < 4.78 is 5.97. The van der Waals surface area contributed by atoms with E-state index in [1.807, 2.05) is 57.4 Å². The van der Waals surface area contributed by atoms with Crippen LogP contribution < -0.4 is 4.74 Å². The first-order valence-electron chi connectivity index (χ1n) is 12.1. The number of ether oxygens (including phenoxy) is 1.